The molecule has 0 amide bonds. The minimum atomic E-state index is -1.10. The first-order valence-corrected chi connectivity index (χ1v) is 14.0. The quantitative estimate of drug-likeness (QED) is 0.294. The van der Waals surface area contributed by atoms with Crippen LogP contribution in [0.25, 0.3) is 17.5 Å². The van der Waals surface area contributed by atoms with Gasteiger partial charge in [0.2, 0.25) is 0 Å². The topological polar surface area (TPSA) is 101 Å². The van der Waals surface area contributed by atoms with Crippen molar-refractivity contribution in [1.29, 1.82) is 0 Å². The third kappa shape index (κ3) is 5.76. The number of aromatic nitrogens is 1. The number of halogens is 4. The number of hydrogen-bond acceptors (Lipinski definition) is 7. The number of nitrogens with two attached hydrogens (primary N) is 1. The summed E-state index contributed by atoms with van der Waals surface area (Å²) >= 11 is 26.0. The van der Waals surface area contributed by atoms with Gasteiger partial charge in [0.1, 0.15) is 10.5 Å². The molecular weight excluding hydrogens is 606 g/mol. The van der Waals surface area contributed by atoms with Gasteiger partial charge in [0, 0.05) is 20.1 Å². The molecule has 2 N–H and O–H groups in total. The Labute approximate surface area is 247 Å². The molecule has 1 aliphatic rings. The van der Waals surface area contributed by atoms with Gasteiger partial charge in [0.05, 0.1) is 35.3 Å². The van der Waals surface area contributed by atoms with Crippen LogP contribution >= 0.6 is 57.7 Å². The summed E-state index contributed by atoms with van der Waals surface area (Å²) in [5.74, 6) is -2.84. The highest BCUT2D eigenvalue weighted by molar-refractivity contribution is 7.07. The van der Waals surface area contributed by atoms with E-state index >= 15 is 0 Å². The third-order valence-corrected chi connectivity index (χ3v) is 8.26. The van der Waals surface area contributed by atoms with Gasteiger partial charge >= 0.3 is 11.9 Å². The van der Waals surface area contributed by atoms with Gasteiger partial charge in [0.25, 0.3) is 5.56 Å². The van der Waals surface area contributed by atoms with Crippen LogP contribution in [0, 0.1) is 0 Å². The highest BCUT2D eigenvalue weighted by Gasteiger charge is 2.40. The van der Waals surface area contributed by atoms with Crippen LogP contribution in [0.5, 0.6) is 0 Å². The predicted octanol–water partition coefficient (Wildman–Crippen LogP) is 4.94. The van der Waals surface area contributed by atoms with Gasteiger partial charge in [0.15, 0.2) is 0 Å². The van der Waals surface area contributed by atoms with E-state index in [1.807, 2.05) is 6.92 Å². The number of rotatable bonds is 7. The van der Waals surface area contributed by atoms with Crippen molar-refractivity contribution in [3.8, 4) is 0 Å². The number of carbonyl (C=O) groups excluding carboxylic acids is 2. The summed E-state index contributed by atoms with van der Waals surface area (Å²) in [7, 11) is 1.20. The maximum Gasteiger partial charge on any atom is 0.338 e. The van der Waals surface area contributed by atoms with E-state index in [2.05, 4.69) is 0 Å². The Morgan fingerprint density at radius 2 is 1.69 bits per heavy atom. The predicted molar refractivity (Wildman–Crippen MR) is 156 cm³/mol. The zero-order valence-electron chi connectivity index (χ0n) is 20.7. The molecule has 4 rings (SSSR count). The second-order valence-corrected chi connectivity index (χ2v) is 11.2. The maximum atomic E-state index is 13.6. The molecule has 0 fully saturated rings. The number of benzene rings is 2. The molecule has 0 unspecified atom stereocenters. The number of hydrogen-bond donors (Lipinski definition) is 1. The average Bonchev–Trinajstić information content (AvgIpc) is 3.21. The van der Waals surface area contributed by atoms with Gasteiger partial charge in [-0.05, 0) is 47.9 Å². The fourth-order valence-electron chi connectivity index (χ4n) is 4.15. The van der Waals surface area contributed by atoms with E-state index in [0.717, 1.165) is 22.3 Å². The van der Waals surface area contributed by atoms with Crippen LogP contribution in [0.2, 0.25) is 20.1 Å². The van der Waals surface area contributed by atoms with Gasteiger partial charge < -0.3 is 15.2 Å². The van der Waals surface area contributed by atoms with Crippen LogP contribution in [0.3, 0.4) is 0 Å². The number of ether oxygens (including phenoxy) is 2. The lowest BCUT2D eigenvalue weighted by Gasteiger charge is -2.27. The van der Waals surface area contributed by atoms with Crippen LogP contribution in [0.4, 0.5) is 0 Å². The molecule has 0 saturated carbocycles. The van der Waals surface area contributed by atoms with Crippen molar-refractivity contribution in [2.75, 3.05) is 13.7 Å². The lowest BCUT2D eigenvalue weighted by Crippen LogP contribution is -2.42. The minimum Gasteiger partial charge on any atom is -0.466 e. The van der Waals surface area contributed by atoms with Crippen molar-refractivity contribution in [3.63, 3.8) is 0 Å². The van der Waals surface area contributed by atoms with Crippen molar-refractivity contribution in [2.45, 2.75) is 25.7 Å². The van der Waals surface area contributed by atoms with Gasteiger partial charge in [-0.3, -0.25) is 9.36 Å². The van der Waals surface area contributed by atoms with E-state index in [0.29, 0.717) is 32.6 Å². The summed E-state index contributed by atoms with van der Waals surface area (Å²) in [5.41, 5.74) is 6.75. The highest BCUT2D eigenvalue weighted by atomic mass is 35.5. The summed E-state index contributed by atoms with van der Waals surface area (Å²) in [6.07, 6.45) is 2.96. The van der Waals surface area contributed by atoms with Crippen molar-refractivity contribution >= 4 is 87.1 Å². The molecule has 39 heavy (non-hydrogen) atoms. The molecule has 12 heteroatoms. The highest BCUT2D eigenvalue weighted by Crippen LogP contribution is 2.41. The molecule has 0 saturated heterocycles. The molecule has 2 aromatic carbocycles. The van der Waals surface area contributed by atoms with E-state index in [1.165, 1.54) is 13.2 Å². The summed E-state index contributed by atoms with van der Waals surface area (Å²) in [4.78, 5) is 40.4. The second kappa shape index (κ2) is 12.2. The number of thiazole rings is 1. The Morgan fingerprint density at radius 1 is 1.03 bits per heavy atom. The van der Waals surface area contributed by atoms with E-state index < -0.39 is 23.4 Å². The Kier molecular flexibility index (Phi) is 9.14. The van der Waals surface area contributed by atoms with Crippen molar-refractivity contribution in [1.82, 2.24) is 4.57 Å². The lowest BCUT2D eigenvalue weighted by atomic mass is 9.83. The molecule has 0 bridgehead atoms. The molecule has 7 nitrogen and oxygen atoms in total. The van der Waals surface area contributed by atoms with Gasteiger partial charge in [-0.15, -0.1) is 11.3 Å². The minimum absolute atomic E-state index is 0.00215. The van der Waals surface area contributed by atoms with E-state index in [9.17, 15) is 14.4 Å². The molecule has 2 heterocycles. The van der Waals surface area contributed by atoms with Crippen molar-refractivity contribution in [3.05, 3.63) is 92.7 Å². The number of esters is 2. The van der Waals surface area contributed by atoms with E-state index in [1.54, 1.807) is 36.4 Å². The zero-order valence-corrected chi connectivity index (χ0v) is 24.6. The molecule has 0 radical (unpaired) electrons. The standard InChI is InChI=1S/C27H22Cl4N2O5S/c1-3-4-9-38-27(36)21-20(16-8-7-15(29)12-18(16)31)22(26(35)37-2)25-33(23(21)32)24(34)19(39-25)10-13-5-6-14(28)11-17(13)30/h5-8,10-12,20H,3-4,9,32H2,1-2H3/b19-10-/t20-/m1/s1. The van der Waals surface area contributed by atoms with E-state index in [-0.39, 0.29) is 37.8 Å². The van der Waals surface area contributed by atoms with Crippen LogP contribution in [-0.2, 0) is 19.1 Å². The van der Waals surface area contributed by atoms with Crippen molar-refractivity contribution < 1.29 is 19.1 Å². The Morgan fingerprint density at radius 3 is 2.31 bits per heavy atom. The van der Waals surface area contributed by atoms with Crippen LogP contribution < -0.4 is 20.5 Å². The summed E-state index contributed by atoms with van der Waals surface area (Å²) in [6.45, 7) is 2.07. The SMILES string of the molecule is CCCCOC(=O)C1=C(N)n2c(s/c(=C\c3ccc(Cl)cc3Cl)c2=O)=C(C(=O)OC)[C@@H]1c1ccc(Cl)cc1Cl. The van der Waals surface area contributed by atoms with E-state index in [4.69, 9.17) is 61.6 Å². The number of carbonyl (C=O) groups is 2. The van der Waals surface area contributed by atoms with Crippen LogP contribution in [0.15, 0.2) is 46.8 Å². The fraction of sp³-hybridized carbons (Fsp3) is 0.222. The third-order valence-electron chi connectivity index (χ3n) is 6.03. The smallest absolute Gasteiger partial charge is 0.338 e. The number of nitrogens with zero attached hydrogens (tertiary/aromatic N) is 1. The first-order valence-electron chi connectivity index (χ1n) is 11.7. The molecule has 1 aromatic heterocycles. The normalized spacial score (nSPS) is 15.4. The maximum absolute atomic E-state index is 13.6. The lowest BCUT2D eigenvalue weighted by molar-refractivity contribution is -0.139. The van der Waals surface area contributed by atoms with Crippen molar-refractivity contribution in [2.24, 2.45) is 5.73 Å². The van der Waals surface area contributed by atoms with Crippen LogP contribution in [0.1, 0.15) is 36.8 Å². The fourth-order valence-corrected chi connectivity index (χ4v) is 6.29. The number of unbranched alkanes of at least 4 members (excludes halogenated alkanes) is 1. The molecule has 0 aliphatic carbocycles. The zero-order chi connectivity index (χ0) is 28.4. The summed E-state index contributed by atoms with van der Waals surface area (Å²) in [5, 5.41) is 1.30. The monoisotopic (exact) mass is 626 g/mol. The Bertz CT molecular complexity index is 1690. The number of methoxy groups -OCH3 is 1. The molecule has 204 valence electrons. The van der Waals surface area contributed by atoms with Gasteiger partial charge in [-0.2, -0.15) is 0 Å². The van der Waals surface area contributed by atoms with Gasteiger partial charge in [-0.1, -0.05) is 71.9 Å². The molecule has 1 atom stereocenters. The summed E-state index contributed by atoms with van der Waals surface area (Å²) in [6, 6.07) is 9.49. The van der Waals surface area contributed by atoms with Crippen LogP contribution in [-0.4, -0.2) is 30.2 Å². The molecular formula is C27H22Cl4N2O5S. The molecule has 3 aromatic rings. The van der Waals surface area contributed by atoms with Gasteiger partial charge in [-0.25, -0.2) is 9.59 Å². The first-order chi connectivity index (χ1) is 18.6. The molecule has 0 spiro atoms. The molecule has 1 aliphatic heterocycles. The Balaban J connectivity index is 2.09. The summed E-state index contributed by atoms with van der Waals surface area (Å²) < 4.78 is 12.1. The second-order valence-electron chi connectivity index (χ2n) is 8.51. The Hall–Kier alpha value is -2.75. The average molecular weight is 628 g/mol. The number of fused-ring (bicyclic) bond motifs is 1. The largest absolute Gasteiger partial charge is 0.466 e. The first kappa shape index (κ1) is 29.2.